The van der Waals surface area contributed by atoms with E-state index in [-0.39, 0.29) is 24.4 Å². The third-order valence-electron chi connectivity index (χ3n) is 1.36. The predicted octanol–water partition coefficient (Wildman–Crippen LogP) is 0.488. The molecule has 0 aliphatic rings. The molecule has 0 saturated heterocycles. The average molecular weight is 172 g/mol. The summed E-state index contributed by atoms with van der Waals surface area (Å²) in [5.74, 6) is -1.12. The van der Waals surface area contributed by atoms with E-state index >= 15 is 0 Å². The second-order valence-electron chi connectivity index (χ2n) is 2.36. The Hall–Kier alpha value is -1.19. The summed E-state index contributed by atoms with van der Waals surface area (Å²) in [7, 11) is 1.21. The van der Waals surface area contributed by atoms with E-state index in [9.17, 15) is 14.4 Å². The Bertz CT molecular complexity index is 175. The number of carbonyl (C=O) groups is 3. The number of rotatable bonds is 5. The minimum absolute atomic E-state index is 0.149. The molecular weight excluding hydrogens is 160 g/mol. The van der Waals surface area contributed by atoms with Crippen LogP contribution in [0.15, 0.2) is 0 Å². The van der Waals surface area contributed by atoms with Gasteiger partial charge in [-0.05, 0) is 0 Å². The van der Waals surface area contributed by atoms with Crippen molar-refractivity contribution in [3.05, 3.63) is 0 Å². The smallest absolute Gasteiger partial charge is 0.313 e. The van der Waals surface area contributed by atoms with Crippen LogP contribution in [-0.4, -0.2) is 24.6 Å². The van der Waals surface area contributed by atoms with Crippen molar-refractivity contribution in [2.24, 2.45) is 0 Å². The first kappa shape index (κ1) is 10.8. The van der Waals surface area contributed by atoms with Crippen LogP contribution in [0.1, 0.15) is 26.2 Å². The zero-order valence-electron chi connectivity index (χ0n) is 7.25. The average Bonchev–Trinajstić information content (AvgIpc) is 2.03. The molecule has 0 atom stereocenters. The SMILES string of the molecule is CCC(=O)CC(=O)CC(=O)OC. The highest BCUT2D eigenvalue weighted by Gasteiger charge is 2.12. The summed E-state index contributed by atoms with van der Waals surface area (Å²) in [6.45, 7) is 1.67. The fraction of sp³-hybridized carbons (Fsp3) is 0.625. The van der Waals surface area contributed by atoms with Crippen LogP contribution >= 0.6 is 0 Å². The quantitative estimate of drug-likeness (QED) is 0.447. The zero-order chi connectivity index (χ0) is 9.56. The Balaban J connectivity index is 3.74. The van der Waals surface area contributed by atoms with Crippen LogP contribution in [0.4, 0.5) is 0 Å². The highest BCUT2D eigenvalue weighted by molar-refractivity contribution is 6.05. The van der Waals surface area contributed by atoms with Crippen molar-refractivity contribution in [1.82, 2.24) is 0 Å². The molecule has 68 valence electrons. The van der Waals surface area contributed by atoms with Gasteiger partial charge in [-0.25, -0.2) is 0 Å². The van der Waals surface area contributed by atoms with Crippen molar-refractivity contribution in [2.75, 3.05) is 7.11 Å². The topological polar surface area (TPSA) is 60.4 Å². The van der Waals surface area contributed by atoms with Gasteiger partial charge in [0.2, 0.25) is 0 Å². The van der Waals surface area contributed by atoms with Crippen LogP contribution < -0.4 is 0 Å². The van der Waals surface area contributed by atoms with Gasteiger partial charge in [0, 0.05) is 6.42 Å². The van der Waals surface area contributed by atoms with Crippen LogP contribution in [0.2, 0.25) is 0 Å². The number of ketones is 2. The molecule has 0 N–H and O–H groups in total. The van der Waals surface area contributed by atoms with Crippen molar-refractivity contribution in [2.45, 2.75) is 26.2 Å². The van der Waals surface area contributed by atoms with E-state index in [1.165, 1.54) is 7.11 Å². The monoisotopic (exact) mass is 172 g/mol. The predicted molar refractivity (Wildman–Crippen MR) is 41.6 cm³/mol. The molecule has 0 amide bonds. The summed E-state index contributed by atoms with van der Waals surface area (Å²) >= 11 is 0. The van der Waals surface area contributed by atoms with Gasteiger partial charge < -0.3 is 4.74 Å². The van der Waals surface area contributed by atoms with Gasteiger partial charge in [0.05, 0.1) is 13.5 Å². The molecule has 0 spiro atoms. The number of hydrogen-bond donors (Lipinski definition) is 0. The zero-order valence-corrected chi connectivity index (χ0v) is 7.25. The highest BCUT2D eigenvalue weighted by Crippen LogP contribution is 1.95. The Morgan fingerprint density at radius 1 is 1.08 bits per heavy atom. The normalized spacial score (nSPS) is 9.17. The van der Waals surface area contributed by atoms with Crippen LogP contribution in [0.5, 0.6) is 0 Å². The molecule has 0 aromatic carbocycles. The van der Waals surface area contributed by atoms with Crippen molar-refractivity contribution in [3.63, 3.8) is 0 Å². The fourth-order valence-corrected chi connectivity index (χ4v) is 0.641. The fourth-order valence-electron chi connectivity index (χ4n) is 0.641. The minimum atomic E-state index is -0.594. The summed E-state index contributed by atoms with van der Waals surface area (Å²) in [6, 6.07) is 0. The maximum atomic E-state index is 10.9. The molecule has 0 fully saturated rings. The number of Topliss-reactive ketones (excluding diaryl/α,β-unsaturated/α-hetero) is 2. The summed E-state index contributed by atoms with van der Waals surface area (Å²) in [5, 5.41) is 0. The van der Waals surface area contributed by atoms with E-state index < -0.39 is 5.97 Å². The summed E-state index contributed by atoms with van der Waals surface area (Å²) in [4.78, 5) is 32.1. The third-order valence-corrected chi connectivity index (χ3v) is 1.36. The number of methoxy groups -OCH3 is 1. The highest BCUT2D eigenvalue weighted by atomic mass is 16.5. The molecule has 0 radical (unpaired) electrons. The summed E-state index contributed by atoms with van der Waals surface area (Å²) < 4.78 is 4.27. The Labute approximate surface area is 70.9 Å². The lowest BCUT2D eigenvalue weighted by Crippen LogP contribution is -2.12. The maximum absolute atomic E-state index is 10.9. The van der Waals surface area contributed by atoms with E-state index in [1.807, 2.05) is 0 Å². The van der Waals surface area contributed by atoms with Crippen LogP contribution in [-0.2, 0) is 19.1 Å². The molecule has 12 heavy (non-hydrogen) atoms. The number of esters is 1. The molecule has 0 aromatic rings. The molecule has 0 aliphatic carbocycles. The Morgan fingerprint density at radius 3 is 2.08 bits per heavy atom. The lowest BCUT2D eigenvalue weighted by atomic mass is 10.1. The third kappa shape index (κ3) is 4.60. The summed E-state index contributed by atoms with van der Waals surface area (Å²) in [5.41, 5.74) is 0. The Morgan fingerprint density at radius 2 is 1.67 bits per heavy atom. The molecular formula is C8H12O4. The van der Waals surface area contributed by atoms with Crippen LogP contribution in [0, 0.1) is 0 Å². The second-order valence-corrected chi connectivity index (χ2v) is 2.36. The minimum Gasteiger partial charge on any atom is -0.469 e. The van der Waals surface area contributed by atoms with E-state index in [0.717, 1.165) is 0 Å². The van der Waals surface area contributed by atoms with Crippen LogP contribution in [0.25, 0.3) is 0 Å². The van der Waals surface area contributed by atoms with Gasteiger partial charge in [0.1, 0.15) is 12.2 Å². The van der Waals surface area contributed by atoms with Crippen molar-refractivity contribution in [1.29, 1.82) is 0 Å². The molecule has 4 heteroatoms. The molecule has 0 aromatic heterocycles. The molecule has 0 heterocycles. The first-order valence-electron chi connectivity index (χ1n) is 3.70. The number of ether oxygens (including phenoxy) is 1. The van der Waals surface area contributed by atoms with Crippen molar-refractivity contribution < 1.29 is 19.1 Å². The molecule has 0 aliphatic heterocycles. The largest absolute Gasteiger partial charge is 0.469 e. The van der Waals surface area contributed by atoms with Gasteiger partial charge in [-0.1, -0.05) is 6.92 Å². The van der Waals surface area contributed by atoms with E-state index in [2.05, 4.69) is 4.74 Å². The summed E-state index contributed by atoms with van der Waals surface area (Å²) in [6.07, 6.45) is -0.138. The second kappa shape index (κ2) is 5.46. The van der Waals surface area contributed by atoms with E-state index in [4.69, 9.17) is 0 Å². The first-order valence-corrected chi connectivity index (χ1v) is 3.70. The molecule has 4 nitrogen and oxygen atoms in total. The van der Waals surface area contributed by atoms with Gasteiger partial charge in [-0.2, -0.15) is 0 Å². The van der Waals surface area contributed by atoms with Gasteiger partial charge in [-0.15, -0.1) is 0 Å². The van der Waals surface area contributed by atoms with E-state index in [1.54, 1.807) is 6.92 Å². The van der Waals surface area contributed by atoms with Gasteiger partial charge >= 0.3 is 5.97 Å². The standard InChI is InChI=1S/C8H12O4/c1-3-6(9)4-7(10)5-8(11)12-2/h3-5H2,1-2H3. The molecule has 0 bridgehead atoms. The van der Waals surface area contributed by atoms with Gasteiger partial charge in [0.25, 0.3) is 0 Å². The lowest BCUT2D eigenvalue weighted by molar-refractivity contribution is -0.143. The van der Waals surface area contributed by atoms with Crippen molar-refractivity contribution in [3.8, 4) is 0 Å². The Kier molecular flexibility index (Phi) is 4.92. The molecule has 0 unspecified atom stereocenters. The van der Waals surface area contributed by atoms with Crippen molar-refractivity contribution >= 4 is 17.5 Å². The molecule has 0 rings (SSSR count). The number of carbonyl (C=O) groups excluding carboxylic acids is 3. The lowest BCUT2D eigenvalue weighted by Gasteiger charge is -1.97. The van der Waals surface area contributed by atoms with Gasteiger partial charge in [-0.3, -0.25) is 14.4 Å². The van der Waals surface area contributed by atoms with E-state index in [0.29, 0.717) is 6.42 Å². The van der Waals surface area contributed by atoms with Crippen LogP contribution in [0.3, 0.4) is 0 Å². The maximum Gasteiger partial charge on any atom is 0.313 e. The first-order chi connectivity index (χ1) is 5.60. The molecule has 0 saturated carbocycles. The van der Waals surface area contributed by atoms with Gasteiger partial charge in [0.15, 0.2) is 5.78 Å². The number of hydrogen-bond acceptors (Lipinski definition) is 4.